The van der Waals surface area contributed by atoms with Crippen molar-refractivity contribution in [3.05, 3.63) is 47.5 Å². The summed E-state index contributed by atoms with van der Waals surface area (Å²) < 4.78 is 0. The van der Waals surface area contributed by atoms with Crippen molar-refractivity contribution in [2.24, 2.45) is 5.92 Å². The number of halogens is 1. The number of benzene rings is 1. The minimum atomic E-state index is -0.766. The van der Waals surface area contributed by atoms with Crippen molar-refractivity contribution in [3.8, 4) is 0 Å². The highest BCUT2D eigenvalue weighted by Crippen LogP contribution is 2.46. The van der Waals surface area contributed by atoms with Crippen molar-refractivity contribution in [3.63, 3.8) is 0 Å². The molecule has 0 aromatic heterocycles. The monoisotopic (exact) mass is 392 g/mol. The van der Waals surface area contributed by atoms with Crippen LogP contribution in [0, 0.1) is 5.92 Å². The van der Waals surface area contributed by atoms with E-state index in [1.54, 1.807) is 0 Å². The third-order valence-electron chi connectivity index (χ3n) is 6.16. The van der Waals surface area contributed by atoms with Crippen LogP contribution in [0.2, 0.25) is 0 Å². The van der Waals surface area contributed by atoms with Crippen LogP contribution in [0.25, 0.3) is 0 Å². The largest absolute Gasteiger partial charge is 0.481 e. The molecule has 0 aliphatic heterocycles. The first-order chi connectivity index (χ1) is 12.9. The van der Waals surface area contributed by atoms with Crippen molar-refractivity contribution >= 4 is 17.6 Å². The maximum atomic E-state index is 10.5. The zero-order chi connectivity index (χ0) is 19.4. The second kappa shape index (κ2) is 8.76. The van der Waals surface area contributed by atoms with Gasteiger partial charge in [0.15, 0.2) is 0 Å². The van der Waals surface area contributed by atoms with Crippen molar-refractivity contribution in [1.82, 2.24) is 0 Å². The lowest BCUT2D eigenvalue weighted by atomic mass is 9.74. The molecule has 0 spiro atoms. The molecule has 0 saturated heterocycles. The van der Waals surface area contributed by atoms with Crippen LogP contribution >= 0.6 is 11.6 Å². The van der Waals surface area contributed by atoms with Gasteiger partial charge in [0.05, 0.1) is 11.7 Å². The second-order valence-corrected chi connectivity index (χ2v) is 8.57. The van der Waals surface area contributed by atoms with Gasteiger partial charge in [-0.15, -0.1) is 11.6 Å². The standard InChI is InChI=1S/C22H29ClO4/c23-18-14-19(24)21(17(18)6-3-1-2-4-7-20(25)26)15-8-10-16(11-9-15)22(27)12-5-13-22/h1,3,8-11,17-19,21,24,27H,2,4-7,12-14H2,(H,25,26)/t17-,18+,19+,21+/m0/s1. The Balaban J connectivity index is 1.63. The average Bonchev–Trinajstić information content (AvgIpc) is 2.89. The molecule has 2 aliphatic rings. The highest BCUT2D eigenvalue weighted by Gasteiger charge is 2.42. The molecule has 3 N–H and O–H groups in total. The van der Waals surface area contributed by atoms with Crippen molar-refractivity contribution < 1.29 is 20.1 Å². The van der Waals surface area contributed by atoms with Gasteiger partial charge in [0.2, 0.25) is 0 Å². The van der Waals surface area contributed by atoms with Gasteiger partial charge < -0.3 is 15.3 Å². The predicted molar refractivity (Wildman–Crippen MR) is 106 cm³/mol. The van der Waals surface area contributed by atoms with Crippen LogP contribution in [0.3, 0.4) is 0 Å². The SMILES string of the molecule is O=C(O)CCCC=CC[C@@H]1[C@@H](c2ccc(C3(O)CCC3)cc2)[C@H](O)C[C@H]1Cl. The summed E-state index contributed by atoms with van der Waals surface area (Å²) in [5.74, 6) is -0.630. The average molecular weight is 393 g/mol. The number of aliphatic hydroxyl groups is 2. The van der Waals surface area contributed by atoms with Crippen LogP contribution in [0.1, 0.15) is 68.4 Å². The minimum Gasteiger partial charge on any atom is -0.481 e. The molecule has 0 amide bonds. The quantitative estimate of drug-likeness (QED) is 0.349. The smallest absolute Gasteiger partial charge is 0.303 e. The maximum absolute atomic E-state index is 10.5. The fourth-order valence-corrected chi connectivity index (χ4v) is 4.83. The van der Waals surface area contributed by atoms with E-state index in [4.69, 9.17) is 16.7 Å². The van der Waals surface area contributed by atoms with Gasteiger partial charge in [0, 0.05) is 17.7 Å². The van der Waals surface area contributed by atoms with E-state index >= 15 is 0 Å². The van der Waals surface area contributed by atoms with Gasteiger partial charge >= 0.3 is 5.97 Å². The Labute approximate surface area is 165 Å². The first-order valence-corrected chi connectivity index (χ1v) is 10.4. The first kappa shape index (κ1) is 20.4. The van der Waals surface area contributed by atoms with Crippen LogP contribution in [0.5, 0.6) is 0 Å². The van der Waals surface area contributed by atoms with E-state index in [1.807, 2.05) is 30.3 Å². The summed E-state index contributed by atoms with van der Waals surface area (Å²) in [5.41, 5.74) is 1.36. The van der Waals surface area contributed by atoms with Crippen LogP contribution in [-0.4, -0.2) is 32.8 Å². The molecular formula is C22H29ClO4. The first-order valence-electron chi connectivity index (χ1n) is 9.92. The molecule has 1 aromatic rings. The summed E-state index contributed by atoms with van der Waals surface area (Å²) >= 11 is 6.52. The van der Waals surface area contributed by atoms with E-state index in [9.17, 15) is 15.0 Å². The summed E-state index contributed by atoms with van der Waals surface area (Å²) in [6.07, 6.45) is 9.24. The summed E-state index contributed by atoms with van der Waals surface area (Å²) in [5, 5.41) is 29.6. The van der Waals surface area contributed by atoms with Crippen LogP contribution in [0.15, 0.2) is 36.4 Å². The molecule has 0 bridgehead atoms. The third-order valence-corrected chi connectivity index (χ3v) is 6.66. The van der Waals surface area contributed by atoms with Crippen LogP contribution in [-0.2, 0) is 10.4 Å². The van der Waals surface area contributed by atoms with E-state index in [-0.39, 0.29) is 23.6 Å². The molecule has 4 atom stereocenters. The molecule has 5 heteroatoms. The predicted octanol–water partition coefficient (Wildman–Crippen LogP) is 4.33. The molecule has 2 aliphatic carbocycles. The van der Waals surface area contributed by atoms with Crippen molar-refractivity contribution in [1.29, 1.82) is 0 Å². The molecule has 1 aromatic carbocycles. The number of hydrogen-bond acceptors (Lipinski definition) is 3. The number of carbonyl (C=O) groups is 1. The van der Waals surface area contributed by atoms with Gasteiger partial charge in [-0.3, -0.25) is 4.79 Å². The Morgan fingerprint density at radius 1 is 1.22 bits per heavy atom. The highest BCUT2D eigenvalue weighted by molar-refractivity contribution is 6.21. The van der Waals surface area contributed by atoms with Gasteiger partial charge in [0.1, 0.15) is 0 Å². The molecule has 148 valence electrons. The van der Waals surface area contributed by atoms with E-state index in [2.05, 4.69) is 6.08 Å². The summed E-state index contributed by atoms with van der Waals surface area (Å²) in [6.45, 7) is 0. The zero-order valence-corrected chi connectivity index (χ0v) is 16.3. The number of alkyl halides is 1. The lowest BCUT2D eigenvalue weighted by Crippen LogP contribution is -2.33. The number of hydrogen-bond donors (Lipinski definition) is 3. The Hall–Kier alpha value is -1.36. The Morgan fingerprint density at radius 3 is 2.52 bits per heavy atom. The van der Waals surface area contributed by atoms with Gasteiger partial charge in [0.25, 0.3) is 0 Å². The maximum Gasteiger partial charge on any atom is 0.303 e. The minimum absolute atomic E-state index is 0.0127. The van der Waals surface area contributed by atoms with E-state index in [1.165, 1.54) is 0 Å². The number of allylic oxidation sites excluding steroid dienone is 2. The fourth-order valence-electron chi connectivity index (χ4n) is 4.38. The van der Waals surface area contributed by atoms with Crippen molar-refractivity contribution in [2.45, 2.75) is 74.4 Å². The number of aliphatic carboxylic acids is 1. The number of rotatable bonds is 8. The summed E-state index contributed by atoms with van der Waals surface area (Å²) in [6, 6.07) is 8.03. The zero-order valence-electron chi connectivity index (χ0n) is 15.6. The third kappa shape index (κ3) is 4.74. The van der Waals surface area contributed by atoms with E-state index in [0.29, 0.717) is 12.8 Å². The van der Waals surface area contributed by atoms with E-state index < -0.39 is 17.7 Å². The lowest BCUT2D eigenvalue weighted by molar-refractivity contribution is -0.137. The molecule has 4 nitrogen and oxygen atoms in total. The van der Waals surface area contributed by atoms with Crippen LogP contribution < -0.4 is 0 Å². The van der Waals surface area contributed by atoms with Crippen LogP contribution in [0.4, 0.5) is 0 Å². The molecular weight excluding hydrogens is 364 g/mol. The van der Waals surface area contributed by atoms with E-state index in [0.717, 1.165) is 43.2 Å². The molecule has 0 radical (unpaired) electrons. The number of aliphatic hydroxyl groups excluding tert-OH is 1. The number of unbranched alkanes of at least 4 members (excludes halogenated alkanes) is 1. The second-order valence-electron chi connectivity index (χ2n) is 8.01. The summed E-state index contributed by atoms with van der Waals surface area (Å²) in [7, 11) is 0. The highest BCUT2D eigenvalue weighted by atomic mass is 35.5. The lowest BCUT2D eigenvalue weighted by Gasteiger charge is -2.37. The normalized spacial score (nSPS) is 29.7. The van der Waals surface area contributed by atoms with Crippen molar-refractivity contribution in [2.75, 3.05) is 0 Å². The number of carboxylic acid groups (broad SMARTS) is 1. The fraction of sp³-hybridized carbons (Fsp3) is 0.591. The number of carboxylic acids is 1. The molecule has 3 rings (SSSR count). The molecule has 2 saturated carbocycles. The van der Waals surface area contributed by atoms with Gasteiger partial charge in [-0.25, -0.2) is 0 Å². The Kier molecular flexibility index (Phi) is 6.61. The van der Waals surface area contributed by atoms with Gasteiger partial charge in [-0.1, -0.05) is 36.4 Å². The molecule has 27 heavy (non-hydrogen) atoms. The molecule has 0 heterocycles. The Bertz CT molecular complexity index is 665. The topological polar surface area (TPSA) is 77.8 Å². The summed E-state index contributed by atoms with van der Waals surface area (Å²) in [4.78, 5) is 10.5. The van der Waals surface area contributed by atoms with Gasteiger partial charge in [-0.2, -0.15) is 0 Å². The van der Waals surface area contributed by atoms with Gasteiger partial charge in [-0.05, 0) is 62.0 Å². The molecule has 0 unspecified atom stereocenters. The molecule has 2 fully saturated rings. The Morgan fingerprint density at radius 2 is 1.93 bits per heavy atom.